The van der Waals surface area contributed by atoms with E-state index in [9.17, 15) is 15.3 Å². The third-order valence-electron chi connectivity index (χ3n) is 6.64. The maximum absolute atomic E-state index is 10.8. The molecule has 7 heteroatoms. The summed E-state index contributed by atoms with van der Waals surface area (Å²) in [4.78, 5) is 0. The van der Waals surface area contributed by atoms with Gasteiger partial charge in [-0.05, 0) is 24.3 Å². The largest absolute Gasteiger partial charge is 0.872 e. The third kappa shape index (κ3) is 6.87. The van der Waals surface area contributed by atoms with E-state index in [0.717, 1.165) is 44.8 Å². The van der Waals surface area contributed by atoms with Gasteiger partial charge < -0.3 is 9.84 Å². The summed E-state index contributed by atoms with van der Waals surface area (Å²) in [6, 6.07) is 31.5. The van der Waals surface area contributed by atoms with Gasteiger partial charge in [-0.25, -0.2) is 0 Å². The molecule has 1 saturated heterocycles. The predicted octanol–water partition coefficient (Wildman–Crippen LogP) is 5.45. The summed E-state index contributed by atoms with van der Waals surface area (Å²) in [6.45, 7) is 0. The van der Waals surface area contributed by atoms with Crippen molar-refractivity contribution in [2.45, 2.75) is 37.8 Å². The van der Waals surface area contributed by atoms with Crippen LogP contribution in [0.3, 0.4) is 0 Å². The summed E-state index contributed by atoms with van der Waals surface area (Å²) in [7, 11) is 0. The van der Waals surface area contributed by atoms with Gasteiger partial charge in [0.15, 0.2) is 0 Å². The Balaban J connectivity index is 0.000000186. The van der Waals surface area contributed by atoms with Crippen LogP contribution in [0.4, 0.5) is 0 Å². The SMILES string of the molecule is Oc1ccccc1C=[N+]1[Co][N+](=Cc2ccccc2O)C2CCCCC21.[O-]c1ccc(Oc2ccccc2)cc1. The number of hydrogen-bond acceptors (Lipinski definition) is 4. The van der Waals surface area contributed by atoms with Crippen LogP contribution in [0, 0.1) is 0 Å². The van der Waals surface area contributed by atoms with Crippen LogP contribution in [0.5, 0.6) is 28.7 Å². The van der Waals surface area contributed by atoms with E-state index in [-0.39, 0.29) is 5.75 Å². The Bertz CT molecular complexity index is 1390. The molecule has 1 aliphatic carbocycles. The normalized spacial score (nSPS) is 20.4. The van der Waals surface area contributed by atoms with Crippen LogP contribution < -0.4 is 9.84 Å². The molecule has 2 N–H and O–H groups in total. The molecule has 4 aromatic carbocycles. The van der Waals surface area contributed by atoms with E-state index in [0.29, 0.717) is 29.3 Å². The summed E-state index contributed by atoms with van der Waals surface area (Å²) >= 11 is 1.11. The van der Waals surface area contributed by atoms with Crippen LogP contribution >= 0.6 is 0 Å². The van der Waals surface area contributed by atoms with Crippen molar-refractivity contribution >= 4 is 12.4 Å². The van der Waals surface area contributed by atoms with Crippen LogP contribution in [0.15, 0.2) is 103 Å². The fourth-order valence-corrected chi connectivity index (χ4v) is 6.26. The number of fused-ring (bicyclic) bond motifs is 1. The standard InChI is InChI=1S/C20H22N2O2.C12H10O2.Co/c23-19-11-5-1-7-15(19)13-21-17-9-3-4-10-18(17)22-14-16-8-2-6-12-20(16)24;13-10-6-8-12(9-7-10)14-11-4-2-1-3-5-11;/h1-2,5-8,11-14,17-18,23-24H,3-4,9-10H2;1-9,13H;/q;;+2/p-1. The molecule has 201 valence electrons. The fourth-order valence-electron chi connectivity index (χ4n) is 4.64. The number of rotatable bonds is 4. The summed E-state index contributed by atoms with van der Waals surface area (Å²) < 4.78 is 10.1. The monoisotopic (exact) mass is 566 g/mol. The van der Waals surface area contributed by atoms with Gasteiger partial charge in [0.25, 0.3) is 0 Å². The Kier molecular flexibility index (Phi) is 8.60. The van der Waals surface area contributed by atoms with E-state index < -0.39 is 0 Å². The first kappa shape index (κ1) is 26.5. The molecule has 39 heavy (non-hydrogen) atoms. The molecule has 2 atom stereocenters. The maximum Gasteiger partial charge on any atom is 0.127 e. The summed E-state index contributed by atoms with van der Waals surface area (Å²) in [6.07, 6.45) is 8.93. The van der Waals surface area contributed by atoms with Crippen molar-refractivity contribution < 1.29 is 42.4 Å². The van der Waals surface area contributed by atoms with Gasteiger partial charge in [0.1, 0.15) is 11.5 Å². The second kappa shape index (κ2) is 12.6. The molecule has 0 amide bonds. The minimum absolute atomic E-state index is 0.00888. The molecule has 1 heterocycles. The number of aromatic hydroxyl groups is 2. The smallest absolute Gasteiger partial charge is 0.127 e. The zero-order chi connectivity index (χ0) is 27.0. The molecule has 0 aromatic heterocycles. The molecule has 1 saturated carbocycles. The molecule has 2 unspecified atom stereocenters. The van der Waals surface area contributed by atoms with Crippen molar-refractivity contribution in [3.63, 3.8) is 0 Å². The number of benzene rings is 4. The van der Waals surface area contributed by atoms with Crippen LogP contribution in [-0.2, 0) is 15.1 Å². The molecule has 2 aliphatic rings. The molecule has 2 fully saturated rings. The van der Waals surface area contributed by atoms with Gasteiger partial charge in [0.2, 0.25) is 0 Å². The van der Waals surface area contributed by atoms with Gasteiger partial charge in [-0.1, -0.05) is 30.3 Å². The fraction of sp³-hybridized carbons (Fsp3) is 0.188. The summed E-state index contributed by atoms with van der Waals surface area (Å²) in [5.74, 6) is 2.06. The second-order valence-electron chi connectivity index (χ2n) is 9.39. The number of ether oxygens (including phenoxy) is 1. The predicted molar refractivity (Wildman–Crippen MR) is 146 cm³/mol. The van der Waals surface area contributed by atoms with Gasteiger partial charge >= 0.3 is 154 Å². The zero-order valence-corrected chi connectivity index (χ0v) is 22.4. The molecule has 6 nitrogen and oxygen atoms in total. The van der Waals surface area contributed by atoms with Crippen molar-refractivity contribution in [2.24, 2.45) is 0 Å². The van der Waals surface area contributed by atoms with Crippen molar-refractivity contribution in [3.05, 3.63) is 114 Å². The van der Waals surface area contributed by atoms with E-state index in [1.54, 1.807) is 24.3 Å². The molecular weight excluding hydrogens is 535 g/mol. The van der Waals surface area contributed by atoms with Gasteiger partial charge in [-0.2, -0.15) is 0 Å². The average Bonchev–Trinajstić information content (AvgIpc) is 3.30. The molecule has 6 rings (SSSR count). The van der Waals surface area contributed by atoms with Crippen LogP contribution in [0.2, 0.25) is 0 Å². The van der Waals surface area contributed by atoms with Gasteiger partial charge in [-0.15, -0.1) is 5.75 Å². The van der Waals surface area contributed by atoms with Crippen molar-refractivity contribution in [2.75, 3.05) is 0 Å². The summed E-state index contributed by atoms with van der Waals surface area (Å²) in [5, 5.41) is 31.0. The molecule has 1 aliphatic heterocycles. The van der Waals surface area contributed by atoms with Gasteiger partial charge in [0, 0.05) is 0 Å². The van der Waals surface area contributed by atoms with E-state index in [1.165, 1.54) is 25.0 Å². The second-order valence-corrected chi connectivity index (χ2v) is 10.7. The summed E-state index contributed by atoms with van der Waals surface area (Å²) in [5.41, 5.74) is 1.70. The van der Waals surface area contributed by atoms with E-state index in [2.05, 4.69) is 19.7 Å². The molecule has 4 aromatic rings. The minimum Gasteiger partial charge on any atom is -0.872 e. The molecular formula is C32H31CoN2O4+. The topological polar surface area (TPSA) is 78.8 Å². The molecule has 0 radical (unpaired) electrons. The van der Waals surface area contributed by atoms with Gasteiger partial charge in [-0.3, -0.25) is 0 Å². The Morgan fingerprint density at radius 3 is 1.62 bits per heavy atom. The van der Waals surface area contributed by atoms with Crippen LogP contribution in [0.25, 0.3) is 0 Å². The van der Waals surface area contributed by atoms with E-state index >= 15 is 0 Å². The maximum atomic E-state index is 10.8. The van der Waals surface area contributed by atoms with Crippen molar-refractivity contribution in [3.8, 4) is 28.7 Å². The number of hydrogen-bond donors (Lipinski definition) is 2. The number of phenols is 2. The first-order valence-electron chi connectivity index (χ1n) is 13.0. The Morgan fingerprint density at radius 1 is 0.641 bits per heavy atom. The molecule has 0 bridgehead atoms. The van der Waals surface area contributed by atoms with Crippen molar-refractivity contribution in [1.29, 1.82) is 0 Å². The Morgan fingerprint density at radius 2 is 1.10 bits per heavy atom. The number of nitrogens with zero attached hydrogens (tertiary/aromatic N) is 2. The minimum atomic E-state index is -0.00888. The Labute approximate surface area is 235 Å². The van der Waals surface area contributed by atoms with Crippen LogP contribution in [-0.4, -0.2) is 42.0 Å². The molecule has 0 spiro atoms. The van der Waals surface area contributed by atoms with Crippen molar-refractivity contribution in [1.82, 2.24) is 0 Å². The zero-order valence-electron chi connectivity index (χ0n) is 21.4. The van der Waals surface area contributed by atoms with Crippen LogP contribution in [0.1, 0.15) is 36.8 Å². The first-order chi connectivity index (χ1) is 19.1. The quantitative estimate of drug-likeness (QED) is 0.345. The van der Waals surface area contributed by atoms with E-state index in [1.807, 2.05) is 66.7 Å². The Hall–Kier alpha value is -4.07. The number of para-hydroxylation sites is 3. The first-order valence-corrected chi connectivity index (χ1v) is 13.9. The van der Waals surface area contributed by atoms with Gasteiger partial charge in [0.05, 0.1) is 0 Å². The number of phenolic OH excluding ortho intramolecular Hbond substituents is 2. The third-order valence-corrected chi connectivity index (χ3v) is 8.08. The van der Waals surface area contributed by atoms with E-state index in [4.69, 9.17) is 4.74 Å². The average molecular weight is 567 g/mol.